The maximum atomic E-state index is 12.6. The van der Waals surface area contributed by atoms with Gasteiger partial charge in [-0.2, -0.15) is 0 Å². The number of carbonyl (C=O) groups excluding carboxylic acids is 2. The van der Waals surface area contributed by atoms with E-state index < -0.39 is 6.04 Å². The molecular weight excluding hydrogens is 368 g/mol. The van der Waals surface area contributed by atoms with E-state index in [0.29, 0.717) is 11.3 Å². The Labute approximate surface area is 150 Å². The second-order valence-electron chi connectivity index (χ2n) is 5.70. The summed E-state index contributed by atoms with van der Waals surface area (Å²) < 4.78 is 0.883. The van der Waals surface area contributed by atoms with Crippen LogP contribution in [0.15, 0.2) is 59.1 Å². The smallest absolute Gasteiger partial charge is 0.251 e. The van der Waals surface area contributed by atoms with E-state index in [1.165, 1.54) is 0 Å². The van der Waals surface area contributed by atoms with Crippen LogP contribution >= 0.6 is 15.9 Å². The molecule has 0 aliphatic rings. The molecule has 2 atom stereocenters. The van der Waals surface area contributed by atoms with Crippen molar-refractivity contribution < 1.29 is 9.59 Å². The lowest BCUT2D eigenvalue weighted by Crippen LogP contribution is -2.47. The van der Waals surface area contributed by atoms with Crippen molar-refractivity contribution in [2.24, 2.45) is 5.92 Å². The minimum absolute atomic E-state index is 0.0183. The molecular formula is C19H21BrN2O2. The van der Waals surface area contributed by atoms with Gasteiger partial charge in [-0.25, -0.2) is 0 Å². The van der Waals surface area contributed by atoms with Crippen LogP contribution in [-0.2, 0) is 4.79 Å². The topological polar surface area (TPSA) is 58.2 Å². The molecule has 2 aromatic rings. The first-order chi connectivity index (χ1) is 11.5. The standard InChI is InChI=1S/C19H21BrN2O2/c1-3-13(2)17(22-18(23)14-8-5-4-6-9-14)19(24)21-16-11-7-10-15(20)12-16/h4-13,17H,3H2,1-2H3,(H,21,24)(H,22,23)/t13-,17-/m0/s1. The van der Waals surface area contributed by atoms with Crippen molar-refractivity contribution in [2.75, 3.05) is 5.32 Å². The zero-order valence-corrected chi connectivity index (χ0v) is 15.3. The van der Waals surface area contributed by atoms with Crippen LogP contribution in [0.1, 0.15) is 30.6 Å². The van der Waals surface area contributed by atoms with Gasteiger partial charge < -0.3 is 10.6 Å². The van der Waals surface area contributed by atoms with Crippen molar-refractivity contribution in [2.45, 2.75) is 26.3 Å². The fraction of sp³-hybridized carbons (Fsp3) is 0.263. The SMILES string of the molecule is CC[C@H](C)[C@H](NC(=O)c1ccccc1)C(=O)Nc1cccc(Br)c1. The monoisotopic (exact) mass is 388 g/mol. The van der Waals surface area contributed by atoms with Crippen molar-refractivity contribution in [3.8, 4) is 0 Å². The molecule has 0 spiro atoms. The Morgan fingerprint density at radius 1 is 1.08 bits per heavy atom. The largest absolute Gasteiger partial charge is 0.340 e. The predicted octanol–water partition coefficient (Wildman–Crippen LogP) is 4.23. The first-order valence-electron chi connectivity index (χ1n) is 7.93. The van der Waals surface area contributed by atoms with Crippen LogP contribution in [0.25, 0.3) is 0 Å². The summed E-state index contributed by atoms with van der Waals surface area (Å²) in [6.07, 6.45) is 0.783. The van der Waals surface area contributed by atoms with Crippen LogP contribution in [0.5, 0.6) is 0 Å². The third-order valence-corrected chi connectivity index (χ3v) is 4.40. The maximum absolute atomic E-state index is 12.6. The van der Waals surface area contributed by atoms with Gasteiger partial charge in [0.05, 0.1) is 0 Å². The Balaban J connectivity index is 2.12. The highest BCUT2D eigenvalue weighted by molar-refractivity contribution is 9.10. The van der Waals surface area contributed by atoms with Gasteiger partial charge in [-0.15, -0.1) is 0 Å². The van der Waals surface area contributed by atoms with Crippen LogP contribution in [-0.4, -0.2) is 17.9 Å². The molecule has 0 saturated carbocycles. The molecule has 2 rings (SSSR count). The third kappa shape index (κ3) is 4.93. The summed E-state index contributed by atoms with van der Waals surface area (Å²) in [5.74, 6) is -0.443. The molecule has 24 heavy (non-hydrogen) atoms. The van der Waals surface area contributed by atoms with E-state index >= 15 is 0 Å². The number of anilines is 1. The van der Waals surface area contributed by atoms with Crippen LogP contribution in [0.4, 0.5) is 5.69 Å². The number of hydrogen-bond donors (Lipinski definition) is 2. The second kappa shape index (κ2) is 8.64. The fourth-order valence-corrected chi connectivity index (χ4v) is 2.70. The number of hydrogen-bond acceptors (Lipinski definition) is 2. The molecule has 2 amide bonds. The van der Waals surface area contributed by atoms with Crippen LogP contribution in [0.3, 0.4) is 0 Å². The van der Waals surface area contributed by atoms with Gasteiger partial charge >= 0.3 is 0 Å². The van der Waals surface area contributed by atoms with Gasteiger partial charge in [-0.05, 0) is 36.2 Å². The Bertz CT molecular complexity index is 704. The van der Waals surface area contributed by atoms with Crippen LogP contribution < -0.4 is 10.6 Å². The minimum atomic E-state index is -0.596. The molecule has 0 aliphatic heterocycles. The van der Waals surface area contributed by atoms with Crippen molar-refractivity contribution in [3.63, 3.8) is 0 Å². The van der Waals surface area contributed by atoms with Crippen LogP contribution in [0.2, 0.25) is 0 Å². The van der Waals surface area contributed by atoms with Gasteiger partial charge in [0.2, 0.25) is 5.91 Å². The summed E-state index contributed by atoms with van der Waals surface area (Å²) in [6, 6.07) is 15.7. The average Bonchev–Trinajstić information content (AvgIpc) is 2.59. The van der Waals surface area contributed by atoms with Crippen molar-refractivity contribution in [3.05, 3.63) is 64.6 Å². The molecule has 0 aliphatic carbocycles. The van der Waals surface area contributed by atoms with E-state index in [4.69, 9.17) is 0 Å². The average molecular weight is 389 g/mol. The van der Waals surface area contributed by atoms with E-state index in [1.54, 1.807) is 24.3 Å². The summed E-state index contributed by atoms with van der Waals surface area (Å²) in [4.78, 5) is 25.0. The number of amides is 2. The molecule has 0 bridgehead atoms. The van der Waals surface area contributed by atoms with Crippen LogP contribution in [0, 0.1) is 5.92 Å². The van der Waals surface area contributed by atoms with Gasteiger partial charge in [-0.3, -0.25) is 9.59 Å². The highest BCUT2D eigenvalue weighted by Gasteiger charge is 2.26. The molecule has 5 heteroatoms. The number of halogens is 1. The Hall–Kier alpha value is -2.14. The third-order valence-electron chi connectivity index (χ3n) is 3.91. The summed E-state index contributed by atoms with van der Waals surface area (Å²) in [5, 5.41) is 5.73. The van der Waals surface area contributed by atoms with Crippen molar-refractivity contribution >= 4 is 33.4 Å². The fourth-order valence-electron chi connectivity index (χ4n) is 2.30. The molecule has 0 unspecified atom stereocenters. The maximum Gasteiger partial charge on any atom is 0.251 e. The summed E-state index contributed by atoms with van der Waals surface area (Å²) in [6.45, 7) is 3.95. The summed E-state index contributed by atoms with van der Waals surface area (Å²) >= 11 is 3.38. The van der Waals surface area contributed by atoms with E-state index in [9.17, 15) is 9.59 Å². The lowest BCUT2D eigenvalue weighted by atomic mass is 9.97. The highest BCUT2D eigenvalue weighted by atomic mass is 79.9. The lowest BCUT2D eigenvalue weighted by Gasteiger charge is -2.23. The summed E-state index contributed by atoms with van der Waals surface area (Å²) in [5.41, 5.74) is 1.23. The Morgan fingerprint density at radius 3 is 2.42 bits per heavy atom. The number of benzene rings is 2. The first kappa shape index (κ1) is 18.2. The lowest BCUT2D eigenvalue weighted by molar-refractivity contribution is -0.119. The van der Waals surface area contributed by atoms with Gasteiger partial charge in [0.15, 0.2) is 0 Å². The first-order valence-corrected chi connectivity index (χ1v) is 8.73. The Morgan fingerprint density at radius 2 is 1.79 bits per heavy atom. The molecule has 2 N–H and O–H groups in total. The van der Waals surface area contributed by atoms with Gasteiger partial charge in [0, 0.05) is 15.7 Å². The number of carbonyl (C=O) groups is 2. The molecule has 2 aromatic carbocycles. The van der Waals surface area contributed by atoms with Gasteiger partial charge in [0.1, 0.15) is 6.04 Å². The molecule has 0 heterocycles. The molecule has 0 radical (unpaired) electrons. The molecule has 126 valence electrons. The number of nitrogens with one attached hydrogen (secondary N) is 2. The molecule has 0 saturated heterocycles. The predicted molar refractivity (Wildman–Crippen MR) is 99.9 cm³/mol. The minimum Gasteiger partial charge on any atom is -0.340 e. The second-order valence-corrected chi connectivity index (χ2v) is 6.62. The molecule has 4 nitrogen and oxygen atoms in total. The normalized spacial score (nSPS) is 13.0. The van der Waals surface area contributed by atoms with Crippen molar-refractivity contribution in [1.82, 2.24) is 5.32 Å². The zero-order valence-electron chi connectivity index (χ0n) is 13.8. The van der Waals surface area contributed by atoms with Crippen molar-refractivity contribution in [1.29, 1.82) is 0 Å². The highest BCUT2D eigenvalue weighted by Crippen LogP contribution is 2.17. The van der Waals surface area contributed by atoms with E-state index in [-0.39, 0.29) is 17.7 Å². The number of rotatable bonds is 6. The van der Waals surface area contributed by atoms with E-state index in [0.717, 1.165) is 10.9 Å². The molecule has 0 aromatic heterocycles. The quantitative estimate of drug-likeness (QED) is 0.777. The molecule has 0 fully saturated rings. The summed E-state index contributed by atoms with van der Waals surface area (Å²) in [7, 11) is 0. The van der Waals surface area contributed by atoms with Gasteiger partial charge in [0.25, 0.3) is 5.91 Å². The Kier molecular flexibility index (Phi) is 6.55. The van der Waals surface area contributed by atoms with E-state index in [2.05, 4.69) is 26.6 Å². The zero-order chi connectivity index (χ0) is 17.5. The van der Waals surface area contributed by atoms with Gasteiger partial charge in [-0.1, -0.05) is 60.5 Å². The van der Waals surface area contributed by atoms with E-state index in [1.807, 2.05) is 44.2 Å².